The fourth-order valence-corrected chi connectivity index (χ4v) is 3.04. The van der Waals surface area contributed by atoms with Gasteiger partial charge in [-0.15, -0.1) is 10.2 Å². The Hall–Kier alpha value is -4.11. The molecule has 2 N–H and O–H groups in total. The molecule has 0 spiro atoms. The van der Waals surface area contributed by atoms with Crippen LogP contribution in [0.15, 0.2) is 65.2 Å². The van der Waals surface area contributed by atoms with Crippen molar-refractivity contribution in [2.24, 2.45) is 0 Å². The molecule has 0 aliphatic rings. The van der Waals surface area contributed by atoms with Gasteiger partial charge in [0.25, 0.3) is 11.8 Å². The molecule has 0 aliphatic heterocycles. The normalized spacial score (nSPS) is 10.8. The summed E-state index contributed by atoms with van der Waals surface area (Å²) in [5, 5.41) is 8.16. The maximum absolute atomic E-state index is 12.5. The first-order valence-corrected chi connectivity index (χ1v) is 9.93. The summed E-state index contributed by atoms with van der Waals surface area (Å²) in [6.07, 6.45) is 1.56. The molecule has 2 aromatic heterocycles. The zero-order valence-corrected chi connectivity index (χ0v) is 17.7. The SMILES string of the molecule is COCCN(C)C(=O)c1ccc(-c2cnc(N)c(-c3nnc(-c4ccccc4)o3)n2)cc1. The number of nitrogens with two attached hydrogens (primary N) is 1. The van der Waals surface area contributed by atoms with Gasteiger partial charge in [0.2, 0.25) is 5.89 Å². The van der Waals surface area contributed by atoms with Crippen LogP contribution >= 0.6 is 0 Å². The van der Waals surface area contributed by atoms with E-state index in [9.17, 15) is 4.79 Å². The van der Waals surface area contributed by atoms with Crippen molar-refractivity contribution >= 4 is 11.7 Å². The quantitative estimate of drug-likeness (QED) is 0.475. The Balaban J connectivity index is 1.58. The molecule has 0 radical (unpaired) electrons. The molecule has 9 heteroatoms. The Labute approximate surface area is 184 Å². The van der Waals surface area contributed by atoms with E-state index in [4.69, 9.17) is 14.9 Å². The number of nitrogen functional groups attached to an aromatic ring is 1. The van der Waals surface area contributed by atoms with E-state index in [-0.39, 0.29) is 17.6 Å². The maximum atomic E-state index is 12.5. The summed E-state index contributed by atoms with van der Waals surface area (Å²) in [7, 11) is 3.34. The van der Waals surface area contributed by atoms with Gasteiger partial charge >= 0.3 is 0 Å². The van der Waals surface area contributed by atoms with Crippen LogP contribution in [0.25, 0.3) is 34.3 Å². The topological polar surface area (TPSA) is 120 Å². The number of anilines is 1. The minimum absolute atomic E-state index is 0.0861. The molecule has 162 valence electrons. The van der Waals surface area contributed by atoms with Crippen LogP contribution in [-0.4, -0.2) is 58.3 Å². The zero-order valence-electron chi connectivity index (χ0n) is 17.7. The predicted molar refractivity (Wildman–Crippen MR) is 119 cm³/mol. The van der Waals surface area contributed by atoms with Crippen molar-refractivity contribution in [3.8, 4) is 34.3 Å². The highest BCUT2D eigenvalue weighted by Crippen LogP contribution is 2.28. The van der Waals surface area contributed by atoms with Crippen molar-refractivity contribution in [2.75, 3.05) is 33.0 Å². The summed E-state index contributed by atoms with van der Waals surface area (Å²) in [6, 6.07) is 16.5. The van der Waals surface area contributed by atoms with E-state index in [1.54, 1.807) is 37.4 Å². The van der Waals surface area contributed by atoms with E-state index in [1.807, 2.05) is 42.5 Å². The molecule has 4 rings (SSSR count). The van der Waals surface area contributed by atoms with Crippen LogP contribution in [0.5, 0.6) is 0 Å². The average molecular weight is 430 g/mol. The number of benzene rings is 2. The third-order valence-corrected chi connectivity index (χ3v) is 4.85. The summed E-state index contributed by atoms with van der Waals surface area (Å²) in [6.45, 7) is 0.991. The van der Waals surface area contributed by atoms with Crippen molar-refractivity contribution in [2.45, 2.75) is 0 Å². The van der Waals surface area contributed by atoms with Gasteiger partial charge in [-0.25, -0.2) is 9.97 Å². The van der Waals surface area contributed by atoms with Crippen LogP contribution < -0.4 is 5.73 Å². The standard InChI is InChI=1S/C23H22N6O3/c1-29(12-13-31-2)23(30)17-10-8-15(9-11-17)18-14-25-20(24)19(26-18)22-28-27-21(32-22)16-6-4-3-5-7-16/h3-11,14H,12-13H2,1-2H3,(H2,24,25). The molecule has 0 saturated carbocycles. The molecule has 1 amide bonds. The van der Waals surface area contributed by atoms with Crippen LogP contribution in [-0.2, 0) is 4.74 Å². The lowest BCUT2D eigenvalue weighted by Gasteiger charge is -2.16. The Morgan fingerprint density at radius 3 is 2.47 bits per heavy atom. The van der Waals surface area contributed by atoms with Gasteiger partial charge in [0.15, 0.2) is 11.5 Å². The largest absolute Gasteiger partial charge is 0.414 e. The van der Waals surface area contributed by atoms with Crippen LogP contribution in [0.3, 0.4) is 0 Å². The first kappa shape index (κ1) is 21.1. The number of amides is 1. The van der Waals surface area contributed by atoms with E-state index in [0.717, 1.165) is 11.1 Å². The number of rotatable bonds is 7. The number of methoxy groups -OCH3 is 1. The summed E-state index contributed by atoms with van der Waals surface area (Å²) < 4.78 is 10.8. The van der Waals surface area contributed by atoms with Crippen molar-refractivity contribution in [3.63, 3.8) is 0 Å². The molecule has 0 fully saturated rings. The van der Waals surface area contributed by atoms with Gasteiger partial charge in [0.1, 0.15) is 0 Å². The first-order valence-electron chi connectivity index (χ1n) is 9.93. The van der Waals surface area contributed by atoms with E-state index in [2.05, 4.69) is 20.2 Å². The highest BCUT2D eigenvalue weighted by Gasteiger charge is 2.17. The zero-order chi connectivity index (χ0) is 22.5. The van der Waals surface area contributed by atoms with Gasteiger partial charge < -0.3 is 19.8 Å². The number of nitrogens with zero attached hydrogens (tertiary/aromatic N) is 5. The minimum Gasteiger partial charge on any atom is -0.414 e. The number of hydrogen-bond acceptors (Lipinski definition) is 8. The average Bonchev–Trinajstić information content (AvgIpc) is 3.33. The smallest absolute Gasteiger partial charge is 0.270 e. The van der Waals surface area contributed by atoms with Gasteiger partial charge in [-0.3, -0.25) is 4.79 Å². The van der Waals surface area contributed by atoms with E-state index < -0.39 is 0 Å². The second kappa shape index (κ2) is 9.36. The molecule has 0 saturated heterocycles. The Morgan fingerprint density at radius 1 is 1.03 bits per heavy atom. The minimum atomic E-state index is -0.0861. The second-order valence-electron chi connectivity index (χ2n) is 7.06. The van der Waals surface area contributed by atoms with Gasteiger partial charge in [-0.05, 0) is 24.3 Å². The molecule has 0 bridgehead atoms. The maximum Gasteiger partial charge on any atom is 0.270 e. The summed E-state index contributed by atoms with van der Waals surface area (Å²) in [5.41, 5.74) is 9.04. The fourth-order valence-electron chi connectivity index (χ4n) is 3.04. The molecular weight excluding hydrogens is 408 g/mol. The summed E-state index contributed by atoms with van der Waals surface area (Å²) >= 11 is 0. The van der Waals surface area contributed by atoms with E-state index >= 15 is 0 Å². The number of carbonyl (C=O) groups is 1. The van der Waals surface area contributed by atoms with Crippen LogP contribution in [0, 0.1) is 0 Å². The van der Waals surface area contributed by atoms with E-state index in [1.165, 1.54) is 0 Å². The van der Waals surface area contributed by atoms with Gasteiger partial charge in [-0.2, -0.15) is 0 Å². The molecular formula is C23H22N6O3. The van der Waals surface area contributed by atoms with Crippen molar-refractivity contribution < 1.29 is 13.9 Å². The summed E-state index contributed by atoms with van der Waals surface area (Å²) in [5.74, 6) is 0.649. The molecule has 2 aromatic carbocycles. The molecule has 0 aliphatic carbocycles. The Morgan fingerprint density at radius 2 is 1.75 bits per heavy atom. The van der Waals surface area contributed by atoms with Crippen LogP contribution in [0.2, 0.25) is 0 Å². The monoisotopic (exact) mass is 430 g/mol. The van der Waals surface area contributed by atoms with Gasteiger partial charge in [0, 0.05) is 37.4 Å². The number of likely N-dealkylation sites (N-methyl/N-ethyl adjacent to an activating group) is 1. The van der Waals surface area contributed by atoms with Crippen molar-refractivity contribution in [3.05, 3.63) is 66.4 Å². The molecule has 0 atom stereocenters. The van der Waals surface area contributed by atoms with Crippen LogP contribution in [0.4, 0.5) is 5.82 Å². The number of hydrogen-bond donors (Lipinski definition) is 1. The second-order valence-corrected chi connectivity index (χ2v) is 7.06. The van der Waals surface area contributed by atoms with Crippen molar-refractivity contribution in [1.29, 1.82) is 0 Å². The van der Waals surface area contributed by atoms with E-state index in [0.29, 0.717) is 36.0 Å². The fraction of sp³-hybridized carbons (Fsp3) is 0.174. The number of aromatic nitrogens is 4. The van der Waals surface area contributed by atoms with Crippen molar-refractivity contribution in [1.82, 2.24) is 25.1 Å². The third-order valence-electron chi connectivity index (χ3n) is 4.85. The highest BCUT2D eigenvalue weighted by molar-refractivity contribution is 5.94. The highest BCUT2D eigenvalue weighted by atomic mass is 16.5. The first-order chi connectivity index (χ1) is 15.6. The molecule has 2 heterocycles. The summed E-state index contributed by atoms with van der Waals surface area (Å²) in [4.78, 5) is 22.9. The number of ether oxygens (including phenoxy) is 1. The van der Waals surface area contributed by atoms with Crippen LogP contribution in [0.1, 0.15) is 10.4 Å². The predicted octanol–water partition coefficient (Wildman–Crippen LogP) is 3.16. The third kappa shape index (κ3) is 4.47. The molecule has 4 aromatic rings. The van der Waals surface area contributed by atoms with Gasteiger partial charge in [-0.1, -0.05) is 30.3 Å². The molecule has 32 heavy (non-hydrogen) atoms. The lowest BCUT2D eigenvalue weighted by atomic mass is 10.1. The van der Waals surface area contributed by atoms with Gasteiger partial charge in [0.05, 0.1) is 18.5 Å². The Bertz CT molecular complexity index is 1210. The number of carbonyl (C=O) groups excluding carboxylic acids is 1. The Kier molecular flexibility index (Phi) is 6.18. The lowest BCUT2D eigenvalue weighted by molar-refractivity contribution is 0.0744. The lowest BCUT2D eigenvalue weighted by Crippen LogP contribution is -2.29. The molecule has 0 unspecified atom stereocenters. The molecule has 9 nitrogen and oxygen atoms in total.